The number of nitrogen functional groups attached to an aromatic ring is 1. The van der Waals surface area contributed by atoms with Crippen molar-refractivity contribution in [3.05, 3.63) is 63.4 Å². The predicted molar refractivity (Wildman–Crippen MR) is 138 cm³/mol. The Hall–Kier alpha value is -3.32. The number of nitrogens with one attached hydrogen (secondary N) is 1. The van der Waals surface area contributed by atoms with Crippen molar-refractivity contribution >= 4 is 55.1 Å². The first-order valence-electron chi connectivity index (χ1n) is 11.2. The molecular weight excluding hydrogens is 508 g/mol. The number of halogens is 1. The predicted octanol–water partition coefficient (Wildman–Crippen LogP) is 3.68. The van der Waals surface area contributed by atoms with Crippen molar-refractivity contribution in [2.75, 3.05) is 26.0 Å². The number of nitro groups is 1. The maximum absolute atomic E-state index is 12.6. The number of anilines is 1. The SMILES string of the molecule is COCCc1nc2c(N)nc3ccccc3c2n1CCCCNS(=O)(=O)c1ccc(Cl)c([N+](=O)[O-])c1. The number of sulfonamides is 1. The van der Waals surface area contributed by atoms with Crippen LogP contribution in [0, 0.1) is 10.1 Å². The van der Waals surface area contributed by atoms with Crippen molar-refractivity contribution in [3.8, 4) is 0 Å². The number of aryl methyl sites for hydroxylation is 1. The third-order valence-electron chi connectivity index (χ3n) is 5.74. The number of imidazole rings is 1. The Labute approximate surface area is 212 Å². The number of rotatable bonds is 11. The van der Waals surface area contributed by atoms with Gasteiger partial charge >= 0.3 is 0 Å². The quantitative estimate of drug-likeness (QED) is 0.168. The summed E-state index contributed by atoms with van der Waals surface area (Å²) in [6.07, 6.45) is 1.75. The van der Waals surface area contributed by atoms with Crippen LogP contribution in [0.4, 0.5) is 11.5 Å². The molecule has 0 spiro atoms. The van der Waals surface area contributed by atoms with E-state index in [1.165, 1.54) is 12.1 Å². The van der Waals surface area contributed by atoms with Crippen molar-refractivity contribution in [2.45, 2.75) is 30.7 Å². The van der Waals surface area contributed by atoms with E-state index in [1.54, 1.807) is 7.11 Å². The number of unbranched alkanes of at least 4 members (excludes halogenated alkanes) is 1. The van der Waals surface area contributed by atoms with Crippen LogP contribution in [-0.2, 0) is 27.7 Å². The molecule has 0 aliphatic heterocycles. The minimum atomic E-state index is -3.93. The van der Waals surface area contributed by atoms with Crippen molar-refractivity contribution < 1.29 is 18.1 Å². The number of benzene rings is 2. The summed E-state index contributed by atoms with van der Waals surface area (Å²) in [4.78, 5) is 19.3. The highest BCUT2D eigenvalue weighted by Crippen LogP contribution is 2.30. The van der Waals surface area contributed by atoms with E-state index in [1.807, 2.05) is 24.3 Å². The van der Waals surface area contributed by atoms with Crippen molar-refractivity contribution in [3.63, 3.8) is 0 Å². The molecule has 0 saturated carbocycles. The van der Waals surface area contributed by atoms with Gasteiger partial charge < -0.3 is 15.0 Å². The molecule has 2 heterocycles. The van der Waals surface area contributed by atoms with E-state index in [0.717, 1.165) is 28.3 Å². The van der Waals surface area contributed by atoms with Crippen LogP contribution < -0.4 is 10.5 Å². The molecule has 13 heteroatoms. The Morgan fingerprint density at radius 3 is 2.72 bits per heavy atom. The van der Waals surface area contributed by atoms with Gasteiger partial charge in [0.1, 0.15) is 16.4 Å². The molecule has 4 aromatic rings. The Morgan fingerprint density at radius 2 is 1.97 bits per heavy atom. The van der Waals surface area contributed by atoms with Crippen LogP contribution in [0.15, 0.2) is 47.4 Å². The van der Waals surface area contributed by atoms with Gasteiger partial charge in [-0.3, -0.25) is 10.1 Å². The van der Waals surface area contributed by atoms with E-state index in [0.29, 0.717) is 43.7 Å². The van der Waals surface area contributed by atoms with Crippen molar-refractivity contribution in [1.29, 1.82) is 0 Å². The number of pyridine rings is 1. The first kappa shape index (κ1) is 25.8. The lowest BCUT2D eigenvalue weighted by molar-refractivity contribution is -0.384. The molecule has 190 valence electrons. The summed E-state index contributed by atoms with van der Waals surface area (Å²) in [5.41, 5.74) is 8.03. The molecule has 0 atom stereocenters. The van der Waals surface area contributed by atoms with E-state index in [9.17, 15) is 18.5 Å². The highest BCUT2D eigenvalue weighted by molar-refractivity contribution is 7.89. The lowest BCUT2D eigenvalue weighted by Crippen LogP contribution is -2.25. The first-order chi connectivity index (χ1) is 17.2. The van der Waals surface area contributed by atoms with E-state index >= 15 is 0 Å². The number of hydrogen-bond acceptors (Lipinski definition) is 8. The van der Waals surface area contributed by atoms with E-state index in [4.69, 9.17) is 27.1 Å². The maximum atomic E-state index is 12.6. The molecule has 11 nitrogen and oxygen atoms in total. The average Bonchev–Trinajstić information content (AvgIpc) is 3.21. The molecule has 36 heavy (non-hydrogen) atoms. The van der Waals surface area contributed by atoms with E-state index < -0.39 is 20.6 Å². The van der Waals surface area contributed by atoms with Gasteiger partial charge in [0.25, 0.3) is 5.69 Å². The molecule has 2 aromatic carbocycles. The van der Waals surface area contributed by atoms with Crippen LogP contribution in [0.3, 0.4) is 0 Å². The van der Waals surface area contributed by atoms with Crippen molar-refractivity contribution in [2.24, 2.45) is 0 Å². The zero-order valence-corrected chi connectivity index (χ0v) is 21.1. The number of nitrogens with two attached hydrogens (primary N) is 1. The largest absolute Gasteiger partial charge is 0.384 e. The summed E-state index contributed by atoms with van der Waals surface area (Å²) in [6.45, 7) is 1.22. The Bertz CT molecular complexity index is 1540. The van der Waals surface area contributed by atoms with Gasteiger partial charge in [0, 0.05) is 38.1 Å². The summed E-state index contributed by atoms with van der Waals surface area (Å²) in [7, 11) is -2.31. The number of methoxy groups -OCH3 is 1. The molecule has 0 fully saturated rings. The van der Waals surface area contributed by atoms with Crippen LogP contribution in [-0.4, -0.2) is 48.1 Å². The zero-order chi connectivity index (χ0) is 25.9. The second-order valence-electron chi connectivity index (χ2n) is 8.11. The number of para-hydroxylation sites is 1. The smallest absolute Gasteiger partial charge is 0.289 e. The molecule has 0 bridgehead atoms. The van der Waals surface area contributed by atoms with Crippen LogP contribution in [0.1, 0.15) is 18.7 Å². The van der Waals surface area contributed by atoms with Crippen molar-refractivity contribution in [1.82, 2.24) is 19.3 Å². The Kier molecular flexibility index (Phi) is 7.69. The maximum Gasteiger partial charge on any atom is 0.289 e. The summed E-state index contributed by atoms with van der Waals surface area (Å²) in [6, 6.07) is 11.1. The number of nitrogens with zero attached hydrogens (tertiary/aromatic N) is 4. The summed E-state index contributed by atoms with van der Waals surface area (Å²) in [5, 5.41) is 11.9. The summed E-state index contributed by atoms with van der Waals surface area (Å²) in [5.74, 6) is 1.16. The van der Waals surface area contributed by atoms with E-state index in [2.05, 4.69) is 14.3 Å². The lowest BCUT2D eigenvalue weighted by Gasteiger charge is -2.11. The zero-order valence-electron chi connectivity index (χ0n) is 19.5. The second-order valence-corrected chi connectivity index (χ2v) is 10.3. The molecule has 3 N–H and O–H groups in total. The number of nitro benzene ring substituents is 1. The molecule has 0 amide bonds. The first-order valence-corrected chi connectivity index (χ1v) is 13.0. The molecule has 2 aromatic heterocycles. The Balaban J connectivity index is 1.50. The lowest BCUT2D eigenvalue weighted by atomic mass is 10.2. The van der Waals surface area contributed by atoms with Gasteiger partial charge in [-0.2, -0.15) is 0 Å². The normalized spacial score (nSPS) is 11.9. The van der Waals surface area contributed by atoms with Gasteiger partial charge in [0.15, 0.2) is 5.82 Å². The monoisotopic (exact) mass is 532 g/mol. The van der Waals surface area contributed by atoms with Crippen LogP contribution in [0.25, 0.3) is 21.9 Å². The molecule has 0 radical (unpaired) electrons. The Morgan fingerprint density at radius 1 is 1.19 bits per heavy atom. The minimum absolute atomic E-state index is 0.126. The topological polar surface area (TPSA) is 155 Å². The fourth-order valence-corrected chi connectivity index (χ4v) is 5.29. The summed E-state index contributed by atoms with van der Waals surface area (Å²) < 4.78 is 35.1. The molecule has 0 aliphatic rings. The number of fused-ring (bicyclic) bond motifs is 3. The molecule has 0 saturated heterocycles. The van der Waals surface area contributed by atoms with Gasteiger partial charge in [0.2, 0.25) is 10.0 Å². The standard InChI is InChI=1S/C23H25ClN6O5S/c1-35-13-10-20-28-21-22(16-6-2-3-7-18(16)27-23(21)25)29(20)12-5-4-11-26-36(33,34)15-8-9-17(24)19(14-15)30(31)32/h2-3,6-9,14,26H,4-5,10-13H2,1H3,(H2,25,27). The fraction of sp³-hybridized carbons (Fsp3) is 0.304. The summed E-state index contributed by atoms with van der Waals surface area (Å²) >= 11 is 5.78. The van der Waals surface area contributed by atoms with E-state index in [-0.39, 0.29) is 16.5 Å². The fourth-order valence-electron chi connectivity index (χ4n) is 4.01. The molecule has 4 rings (SSSR count). The second kappa shape index (κ2) is 10.7. The third-order valence-corrected chi connectivity index (χ3v) is 7.52. The van der Waals surface area contributed by atoms with Gasteiger partial charge in [-0.05, 0) is 31.0 Å². The van der Waals surface area contributed by atoms with Gasteiger partial charge in [0.05, 0.1) is 27.5 Å². The molecular formula is C23H25ClN6O5S. The number of hydrogen-bond donors (Lipinski definition) is 2. The molecule has 0 unspecified atom stereocenters. The van der Waals surface area contributed by atoms with Gasteiger partial charge in [-0.15, -0.1) is 0 Å². The minimum Gasteiger partial charge on any atom is -0.384 e. The highest BCUT2D eigenvalue weighted by atomic mass is 35.5. The highest BCUT2D eigenvalue weighted by Gasteiger charge is 2.21. The van der Waals surface area contributed by atoms with Crippen LogP contribution in [0.2, 0.25) is 5.02 Å². The van der Waals surface area contributed by atoms with Gasteiger partial charge in [-0.1, -0.05) is 29.8 Å². The van der Waals surface area contributed by atoms with Crippen LogP contribution in [0.5, 0.6) is 0 Å². The van der Waals surface area contributed by atoms with Gasteiger partial charge in [-0.25, -0.2) is 23.1 Å². The average molecular weight is 533 g/mol. The third kappa shape index (κ3) is 5.26. The van der Waals surface area contributed by atoms with Crippen LogP contribution >= 0.6 is 11.6 Å². The molecule has 0 aliphatic carbocycles. The number of ether oxygens (including phenoxy) is 1. The number of aromatic nitrogens is 3.